The Bertz CT molecular complexity index is 732. The molecule has 184 valence electrons. The van der Waals surface area contributed by atoms with Crippen molar-refractivity contribution in [2.45, 2.75) is 125 Å². The van der Waals surface area contributed by atoms with E-state index in [-0.39, 0.29) is 18.1 Å². The molecule has 0 amide bonds. The van der Waals surface area contributed by atoms with Crippen LogP contribution in [0.25, 0.3) is 0 Å². The SMILES string of the molecule is CC(C)CCC[C@@H](C)[C@H]1CC[C@@]2(C)[C@@H]3CC[C@H]4[C@](C)(CO)[C@@H](O)CC[C@@]45C[C@@]35CC[C@]12C. The molecule has 0 aromatic heterocycles. The first-order valence-electron chi connectivity index (χ1n) is 14.3. The van der Waals surface area contributed by atoms with Gasteiger partial charge in [0.05, 0.1) is 12.7 Å². The van der Waals surface area contributed by atoms with E-state index in [0.29, 0.717) is 27.6 Å². The highest BCUT2D eigenvalue weighted by Gasteiger charge is 2.82. The van der Waals surface area contributed by atoms with Crippen molar-refractivity contribution in [3.63, 3.8) is 0 Å². The Morgan fingerprint density at radius 2 is 1.47 bits per heavy atom. The lowest BCUT2D eigenvalue weighted by molar-refractivity contribution is -0.174. The smallest absolute Gasteiger partial charge is 0.0618 e. The summed E-state index contributed by atoms with van der Waals surface area (Å²) < 4.78 is 0. The Morgan fingerprint density at radius 1 is 0.781 bits per heavy atom. The predicted octanol–water partition coefficient (Wildman–Crippen LogP) is 7.22. The van der Waals surface area contributed by atoms with Crippen LogP contribution < -0.4 is 0 Å². The normalized spacial score (nSPS) is 55.0. The van der Waals surface area contributed by atoms with Gasteiger partial charge in [-0.1, -0.05) is 60.8 Å². The molecule has 5 fully saturated rings. The molecule has 2 heteroatoms. The van der Waals surface area contributed by atoms with Gasteiger partial charge >= 0.3 is 0 Å². The third kappa shape index (κ3) is 2.78. The van der Waals surface area contributed by atoms with Crippen molar-refractivity contribution in [1.82, 2.24) is 0 Å². The van der Waals surface area contributed by atoms with E-state index in [1.165, 1.54) is 70.6 Å². The molecule has 5 aliphatic rings. The van der Waals surface area contributed by atoms with Gasteiger partial charge in [-0.15, -0.1) is 0 Å². The molecule has 0 aromatic rings. The maximum absolute atomic E-state index is 10.9. The van der Waals surface area contributed by atoms with Crippen LogP contribution in [0.15, 0.2) is 0 Å². The fourth-order valence-corrected chi connectivity index (χ4v) is 11.4. The summed E-state index contributed by atoms with van der Waals surface area (Å²) in [5.74, 6) is 4.00. The number of hydrogen-bond donors (Lipinski definition) is 2. The quantitative estimate of drug-likeness (QED) is 0.454. The summed E-state index contributed by atoms with van der Waals surface area (Å²) in [5.41, 5.74) is 1.67. The second-order valence-electron chi connectivity index (χ2n) is 14.7. The monoisotopic (exact) mass is 444 g/mol. The molecular weight excluding hydrogens is 392 g/mol. The maximum Gasteiger partial charge on any atom is 0.0618 e. The van der Waals surface area contributed by atoms with E-state index in [1.54, 1.807) is 0 Å². The van der Waals surface area contributed by atoms with Gasteiger partial charge in [-0.05, 0) is 109 Å². The van der Waals surface area contributed by atoms with Gasteiger partial charge in [-0.3, -0.25) is 0 Å². The fourth-order valence-electron chi connectivity index (χ4n) is 11.4. The van der Waals surface area contributed by atoms with Gasteiger partial charge < -0.3 is 10.2 Å². The van der Waals surface area contributed by atoms with Crippen molar-refractivity contribution >= 4 is 0 Å². The molecule has 5 rings (SSSR count). The first-order chi connectivity index (χ1) is 15.0. The molecule has 0 bridgehead atoms. The van der Waals surface area contributed by atoms with Crippen molar-refractivity contribution in [1.29, 1.82) is 0 Å². The number of hydrogen-bond acceptors (Lipinski definition) is 2. The predicted molar refractivity (Wildman–Crippen MR) is 132 cm³/mol. The van der Waals surface area contributed by atoms with Gasteiger partial charge in [-0.25, -0.2) is 0 Å². The zero-order valence-corrected chi connectivity index (χ0v) is 22.1. The van der Waals surface area contributed by atoms with E-state index in [0.717, 1.165) is 30.1 Å². The second kappa shape index (κ2) is 7.46. The van der Waals surface area contributed by atoms with Crippen LogP contribution in [0.5, 0.6) is 0 Å². The first-order valence-corrected chi connectivity index (χ1v) is 14.3. The fraction of sp³-hybridized carbons (Fsp3) is 1.00. The molecule has 0 unspecified atom stereocenters. The van der Waals surface area contributed by atoms with Crippen molar-refractivity contribution in [2.75, 3.05) is 6.61 Å². The van der Waals surface area contributed by atoms with E-state index >= 15 is 0 Å². The molecule has 2 nitrogen and oxygen atoms in total. The van der Waals surface area contributed by atoms with Crippen LogP contribution in [-0.4, -0.2) is 22.9 Å². The van der Waals surface area contributed by atoms with Gasteiger partial charge in [0.2, 0.25) is 0 Å². The maximum atomic E-state index is 10.9. The van der Waals surface area contributed by atoms with Crippen LogP contribution in [-0.2, 0) is 0 Å². The molecule has 32 heavy (non-hydrogen) atoms. The largest absolute Gasteiger partial charge is 0.396 e. The number of aliphatic hydroxyl groups is 2. The van der Waals surface area contributed by atoms with Crippen molar-refractivity contribution in [3.8, 4) is 0 Å². The van der Waals surface area contributed by atoms with Gasteiger partial charge in [0.1, 0.15) is 0 Å². The van der Waals surface area contributed by atoms with Gasteiger partial charge in [0.15, 0.2) is 0 Å². The summed E-state index contributed by atoms with van der Waals surface area (Å²) in [7, 11) is 0. The highest BCUT2D eigenvalue weighted by molar-refractivity contribution is 5.30. The van der Waals surface area contributed by atoms with E-state index in [4.69, 9.17) is 0 Å². The van der Waals surface area contributed by atoms with Crippen LogP contribution in [0.1, 0.15) is 119 Å². The van der Waals surface area contributed by atoms with Crippen molar-refractivity contribution in [2.24, 2.45) is 56.7 Å². The molecule has 2 spiro atoms. The second-order valence-corrected chi connectivity index (χ2v) is 14.7. The average Bonchev–Trinajstić information content (AvgIpc) is 3.33. The Balaban J connectivity index is 1.39. The van der Waals surface area contributed by atoms with Crippen LogP contribution >= 0.6 is 0 Å². The van der Waals surface area contributed by atoms with Crippen LogP contribution in [0.4, 0.5) is 0 Å². The van der Waals surface area contributed by atoms with Crippen molar-refractivity contribution in [3.05, 3.63) is 0 Å². The Kier molecular flexibility index (Phi) is 5.51. The topological polar surface area (TPSA) is 40.5 Å². The molecule has 5 saturated carbocycles. The summed E-state index contributed by atoms with van der Waals surface area (Å²) in [4.78, 5) is 0. The molecule has 5 aliphatic carbocycles. The third-order valence-corrected chi connectivity index (χ3v) is 13.4. The Labute approximate surface area is 198 Å². The first kappa shape index (κ1) is 23.7. The summed E-state index contributed by atoms with van der Waals surface area (Å²) in [6.07, 6.45) is 15.7. The molecule has 0 saturated heterocycles. The Hall–Kier alpha value is -0.0800. The summed E-state index contributed by atoms with van der Waals surface area (Å²) in [6.45, 7) is 15.1. The van der Waals surface area contributed by atoms with Crippen molar-refractivity contribution < 1.29 is 10.2 Å². The lowest BCUT2D eigenvalue weighted by Gasteiger charge is -2.63. The molecule has 0 aromatic carbocycles. The van der Waals surface area contributed by atoms with E-state index < -0.39 is 0 Å². The third-order valence-electron chi connectivity index (χ3n) is 13.4. The number of rotatable bonds is 6. The molecule has 0 radical (unpaired) electrons. The molecule has 0 aliphatic heterocycles. The average molecular weight is 445 g/mol. The van der Waals surface area contributed by atoms with E-state index in [1.807, 2.05) is 0 Å². The minimum absolute atomic E-state index is 0.159. The standard InChI is InChI=1S/C30H52O2/c1-20(2)8-7-9-21(3)22-12-14-28(6)24-11-10-23-26(4,19-31)25(32)13-15-29(23)18-30(24,29)17-16-27(22,28)5/h20-25,31-32H,7-19H2,1-6H3/t21-,22-,23+,24+,25+,26+,27-,28+,29-,30+/m1/s1. The van der Waals surface area contributed by atoms with Crippen LogP contribution in [0.3, 0.4) is 0 Å². The van der Waals surface area contributed by atoms with Crippen LogP contribution in [0, 0.1) is 56.7 Å². The van der Waals surface area contributed by atoms with Gasteiger partial charge in [-0.2, -0.15) is 0 Å². The zero-order valence-electron chi connectivity index (χ0n) is 22.1. The lowest BCUT2D eigenvalue weighted by Crippen LogP contribution is -2.59. The summed E-state index contributed by atoms with van der Waals surface area (Å²) in [6, 6.07) is 0. The van der Waals surface area contributed by atoms with Gasteiger partial charge in [0, 0.05) is 5.41 Å². The highest BCUT2D eigenvalue weighted by atomic mass is 16.3. The number of fused-ring (bicyclic) bond motifs is 2. The summed E-state index contributed by atoms with van der Waals surface area (Å²) in [5, 5.41) is 21.2. The van der Waals surface area contributed by atoms with E-state index in [9.17, 15) is 10.2 Å². The number of aliphatic hydroxyl groups excluding tert-OH is 2. The molecule has 10 atom stereocenters. The lowest BCUT2D eigenvalue weighted by atomic mass is 9.41. The minimum atomic E-state index is -0.315. The molecule has 2 N–H and O–H groups in total. The Morgan fingerprint density at radius 3 is 2.16 bits per heavy atom. The minimum Gasteiger partial charge on any atom is -0.396 e. The summed E-state index contributed by atoms with van der Waals surface area (Å²) >= 11 is 0. The molecular formula is C30H52O2. The molecule has 0 heterocycles. The van der Waals surface area contributed by atoms with E-state index in [2.05, 4.69) is 41.5 Å². The van der Waals surface area contributed by atoms with Gasteiger partial charge in [0.25, 0.3) is 0 Å². The zero-order chi connectivity index (χ0) is 23.2. The van der Waals surface area contributed by atoms with Crippen LogP contribution in [0.2, 0.25) is 0 Å². The highest BCUT2D eigenvalue weighted by Crippen LogP contribution is 2.89.